The van der Waals surface area contributed by atoms with Gasteiger partial charge < -0.3 is 20.4 Å². The van der Waals surface area contributed by atoms with Crippen molar-refractivity contribution in [2.45, 2.75) is 38.3 Å². The van der Waals surface area contributed by atoms with Crippen LogP contribution in [0, 0.1) is 6.92 Å². The van der Waals surface area contributed by atoms with E-state index >= 15 is 0 Å². The molecule has 4 rings (SSSR count). The Bertz CT molecular complexity index is 1070. The molecule has 1 saturated carbocycles. The Hall–Kier alpha value is -3.39. The Morgan fingerprint density at radius 3 is 2.55 bits per heavy atom. The first-order valence-electron chi connectivity index (χ1n) is 10.1. The summed E-state index contributed by atoms with van der Waals surface area (Å²) in [5.41, 5.74) is 1.69. The molecule has 0 bridgehead atoms. The van der Waals surface area contributed by atoms with Crippen molar-refractivity contribution in [3.05, 3.63) is 76.6 Å². The van der Waals surface area contributed by atoms with Crippen molar-refractivity contribution in [1.29, 1.82) is 0 Å². The standard InChI is InChI=1S/C23H23N3O4S/c1-14-12-19(26-22(28)18-8-5-11-30-18)31-20(14)23(29)25-17(21(27)24-16-9-10-16)13-15-6-3-2-4-7-15/h2-8,11-12,16-17H,9-10,13H2,1H3,(H,24,27)(H,25,29)(H,26,28). The van der Waals surface area contributed by atoms with Crippen molar-refractivity contribution in [3.8, 4) is 0 Å². The van der Waals surface area contributed by atoms with Gasteiger partial charge in [0.05, 0.1) is 16.1 Å². The van der Waals surface area contributed by atoms with E-state index in [1.165, 1.54) is 6.26 Å². The van der Waals surface area contributed by atoms with Crippen molar-refractivity contribution in [2.75, 3.05) is 5.32 Å². The van der Waals surface area contributed by atoms with Crippen molar-refractivity contribution >= 4 is 34.1 Å². The molecule has 3 N–H and O–H groups in total. The van der Waals surface area contributed by atoms with Crippen molar-refractivity contribution in [1.82, 2.24) is 10.6 Å². The van der Waals surface area contributed by atoms with E-state index < -0.39 is 6.04 Å². The van der Waals surface area contributed by atoms with Crippen LogP contribution in [0.1, 0.15) is 44.2 Å². The minimum atomic E-state index is -0.682. The fourth-order valence-corrected chi connectivity index (χ4v) is 4.13. The molecule has 1 aliphatic rings. The zero-order valence-electron chi connectivity index (χ0n) is 17.0. The number of benzene rings is 1. The van der Waals surface area contributed by atoms with Gasteiger partial charge in [-0.15, -0.1) is 11.3 Å². The van der Waals surface area contributed by atoms with Crippen LogP contribution in [0.5, 0.6) is 0 Å². The molecular formula is C23H23N3O4S. The molecule has 8 heteroatoms. The molecule has 2 aromatic heterocycles. The quantitative estimate of drug-likeness (QED) is 0.502. The van der Waals surface area contributed by atoms with Crippen LogP contribution in [0.2, 0.25) is 0 Å². The molecule has 1 aromatic carbocycles. The number of rotatable bonds is 8. The van der Waals surface area contributed by atoms with Gasteiger partial charge in [-0.3, -0.25) is 14.4 Å². The van der Waals surface area contributed by atoms with Gasteiger partial charge in [0, 0.05) is 12.5 Å². The maximum absolute atomic E-state index is 13.0. The maximum atomic E-state index is 13.0. The first kappa shape index (κ1) is 20.9. The molecule has 1 unspecified atom stereocenters. The van der Waals surface area contributed by atoms with Crippen molar-refractivity contribution in [2.24, 2.45) is 0 Å². The highest BCUT2D eigenvalue weighted by Gasteiger charge is 2.29. The van der Waals surface area contributed by atoms with E-state index in [0.29, 0.717) is 16.3 Å². The number of carbonyl (C=O) groups excluding carboxylic acids is 3. The number of furan rings is 1. The van der Waals surface area contributed by atoms with Crippen LogP contribution in [0.25, 0.3) is 0 Å². The predicted molar refractivity (Wildman–Crippen MR) is 118 cm³/mol. The van der Waals surface area contributed by atoms with Crippen LogP contribution >= 0.6 is 11.3 Å². The zero-order chi connectivity index (χ0) is 21.8. The summed E-state index contributed by atoms with van der Waals surface area (Å²) in [6.07, 6.45) is 3.77. The number of anilines is 1. The summed E-state index contributed by atoms with van der Waals surface area (Å²) >= 11 is 1.16. The van der Waals surface area contributed by atoms with Crippen molar-refractivity contribution < 1.29 is 18.8 Å². The average Bonchev–Trinajstić information content (AvgIpc) is 3.24. The topological polar surface area (TPSA) is 100 Å². The van der Waals surface area contributed by atoms with Gasteiger partial charge in [-0.2, -0.15) is 0 Å². The lowest BCUT2D eigenvalue weighted by Gasteiger charge is -2.18. The molecule has 0 aliphatic heterocycles. The monoisotopic (exact) mass is 437 g/mol. The number of aryl methyl sites for hydroxylation is 1. The third-order valence-electron chi connectivity index (χ3n) is 4.93. The number of carbonyl (C=O) groups is 3. The fraction of sp³-hybridized carbons (Fsp3) is 0.261. The second kappa shape index (κ2) is 9.18. The summed E-state index contributed by atoms with van der Waals surface area (Å²) < 4.78 is 5.09. The van der Waals surface area contributed by atoms with Crippen LogP contribution in [0.15, 0.2) is 59.2 Å². The van der Waals surface area contributed by atoms with E-state index in [-0.39, 0.29) is 29.5 Å². The van der Waals surface area contributed by atoms with E-state index in [9.17, 15) is 14.4 Å². The number of hydrogen-bond donors (Lipinski definition) is 3. The average molecular weight is 438 g/mol. The molecule has 1 aliphatic carbocycles. The molecule has 7 nitrogen and oxygen atoms in total. The molecule has 2 heterocycles. The maximum Gasteiger partial charge on any atom is 0.291 e. The van der Waals surface area contributed by atoms with Gasteiger partial charge in [0.25, 0.3) is 11.8 Å². The highest BCUT2D eigenvalue weighted by Crippen LogP contribution is 2.27. The number of thiophene rings is 1. The molecular weight excluding hydrogens is 414 g/mol. The van der Waals surface area contributed by atoms with Crippen LogP contribution in [0.3, 0.4) is 0 Å². The predicted octanol–water partition coefficient (Wildman–Crippen LogP) is 3.52. The van der Waals surface area contributed by atoms with Gasteiger partial charge >= 0.3 is 0 Å². The number of amides is 3. The van der Waals surface area contributed by atoms with Crippen LogP contribution in [-0.4, -0.2) is 29.8 Å². The van der Waals surface area contributed by atoms with Gasteiger partial charge in [-0.1, -0.05) is 30.3 Å². The van der Waals surface area contributed by atoms with Crippen LogP contribution in [0.4, 0.5) is 5.00 Å². The molecule has 0 radical (unpaired) electrons. The molecule has 3 amide bonds. The van der Waals surface area contributed by atoms with E-state index in [2.05, 4.69) is 16.0 Å². The SMILES string of the molecule is Cc1cc(NC(=O)c2ccco2)sc1C(=O)NC(Cc1ccccc1)C(=O)NC1CC1. The molecule has 0 spiro atoms. The second-order valence-corrected chi connectivity index (χ2v) is 8.61. The lowest BCUT2D eigenvalue weighted by atomic mass is 10.0. The highest BCUT2D eigenvalue weighted by atomic mass is 32.1. The van der Waals surface area contributed by atoms with E-state index in [4.69, 9.17) is 4.42 Å². The normalized spacial score (nSPS) is 14.0. The van der Waals surface area contributed by atoms with E-state index in [1.807, 2.05) is 30.3 Å². The molecule has 31 heavy (non-hydrogen) atoms. The third kappa shape index (κ3) is 5.40. The Morgan fingerprint density at radius 2 is 1.87 bits per heavy atom. The van der Waals surface area contributed by atoms with Crippen LogP contribution in [-0.2, 0) is 11.2 Å². The largest absolute Gasteiger partial charge is 0.459 e. The van der Waals surface area contributed by atoms with E-state index in [0.717, 1.165) is 35.3 Å². The molecule has 1 atom stereocenters. The second-order valence-electron chi connectivity index (χ2n) is 7.55. The Kier molecular flexibility index (Phi) is 6.18. The first-order chi connectivity index (χ1) is 15.0. The zero-order valence-corrected chi connectivity index (χ0v) is 17.8. The summed E-state index contributed by atoms with van der Waals surface area (Å²) in [7, 11) is 0. The summed E-state index contributed by atoms with van der Waals surface area (Å²) in [5, 5.41) is 9.12. The van der Waals surface area contributed by atoms with Gasteiger partial charge in [-0.05, 0) is 49.1 Å². The Balaban J connectivity index is 1.46. The lowest BCUT2D eigenvalue weighted by molar-refractivity contribution is -0.123. The van der Waals surface area contributed by atoms with Gasteiger partial charge in [0.1, 0.15) is 6.04 Å². The number of hydrogen-bond acceptors (Lipinski definition) is 5. The van der Waals surface area contributed by atoms with Crippen molar-refractivity contribution in [3.63, 3.8) is 0 Å². The first-order valence-corrected chi connectivity index (χ1v) is 10.9. The number of nitrogens with one attached hydrogen (secondary N) is 3. The summed E-state index contributed by atoms with van der Waals surface area (Å²) in [4.78, 5) is 38.4. The molecule has 160 valence electrons. The third-order valence-corrected chi connectivity index (χ3v) is 6.09. The smallest absolute Gasteiger partial charge is 0.291 e. The molecule has 0 saturated heterocycles. The molecule has 1 fully saturated rings. The van der Waals surface area contributed by atoms with Crippen LogP contribution < -0.4 is 16.0 Å². The Labute approximate surface area is 183 Å². The van der Waals surface area contributed by atoms with Gasteiger partial charge in [-0.25, -0.2) is 0 Å². The summed E-state index contributed by atoms with van der Waals surface area (Å²) in [5.74, 6) is -0.714. The summed E-state index contributed by atoms with van der Waals surface area (Å²) in [6.45, 7) is 1.80. The van der Waals surface area contributed by atoms with Gasteiger partial charge in [0.15, 0.2) is 5.76 Å². The highest BCUT2D eigenvalue weighted by molar-refractivity contribution is 7.18. The minimum Gasteiger partial charge on any atom is -0.459 e. The van der Waals surface area contributed by atoms with E-state index in [1.54, 1.807) is 25.1 Å². The molecule has 3 aromatic rings. The minimum absolute atomic E-state index is 0.180. The fourth-order valence-electron chi connectivity index (χ4n) is 3.16. The lowest BCUT2D eigenvalue weighted by Crippen LogP contribution is -2.48. The summed E-state index contributed by atoms with van der Waals surface area (Å²) in [6, 6.07) is 14.0. The Morgan fingerprint density at radius 1 is 1.10 bits per heavy atom. The van der Waals surface area contributed by atoms with Gasteiger partial charge in [0.2, 0.25) is 5.91 Å².